The van der Waals surface area contributed by atoms with E-state index in [0.29, 0.717) is 12.5 Å². The van der Waals surface area contributed by atoms with E-state index >= 15 is 0 Å². The van der Waals surface area contributed by atoms with E-state index in [1.165, 1.54) is 0 Å². The van der Waals surface area contributed by atoms with Crippen LogP contribution in [0.2, 0.25) is 0 Å². The number of benzene rings is 1. The number of halogens is 1. The molecule has 2 N–H and O–H groups in total. The van der Waals surface area contributed by atoms with Crippen molar-refractivity contribution in [2.24, 2.45) is 0 Å². The number of nitrogens with zero attached hydrogens (tertiary/aromatic N) is 4. The van der Waals surface area contributed by atoms with Gasteiger partial charge in [-0.15, -0.1) is 17.5 Å². The smallest absolute Gasteiger partial charge is 0.224 e. The molecule has 0 spiro atoms. The molecule has 2 atom stereocenters. The molecule has 1 aromatic carbocycles. The molecule has 2 aromatic rings. The highest BCUT2D eigenvalue weighted by Gasteiger charge is 2.19. The Labute approximate surface area is 141 Å². The van der Waals surface area contributed by atoms with E-state index in [4.69, 9.17) is 0 Å². The molecule has 0 bridgehead atoms. The van der Waals surface area contributed by atoms with Gasteiger partial charge in [0.05, 0.1) is 12.1 Å². The zero-order valence-corrected chi connectivity index (χ0v) is 13.8. The van der Waals surface area contributed by atoms with E-state index in [2.05, 4.69) is 33.1 Å². The van der Waals surface area contributed by atoms with Gasteiger partial charge in [-0.2, -0.15) is 0 Å². The van der Waals surface area contributed by atoms with Crippen LogP contribution in [0, 0.1) is 0 Å². The molecule has 1 aliphatic rings. The average Bonchev–Trinajstić information content (AvgIpc) is 3.02. The minimum Gasteiger partial charge on any atom is -0.353 e. The molecule has 7 nitrogen and oxygen atoms in total. The van der Waals surface area contributed by atoms with Crippen LogP contribution in [0.5, 0.6) is 0 Å². The molecule has 1 fully saturated rings. The Morgan fingerprint density at radius 2 is 2.17 bits per heavy atom. The molecular formula is C15H21ClN6O. The Morgan fingerprint density at radius 3 is 2.83 bits per heavy atom. The topological polar surface area (TPSA) is 84.7 Å². The maximum atomic E-state index is 12.1. The van der Waals surface area contributed by atoms with E-state index in [1.54, 1.807) is 11.0 Å². The van der Waals surface area contributed by atoms with Crippen molar-refractivity contribution in [3.63, 3.8) is 0 Å². The van der Waals surface area contributed by atoms with Gasteiger partial charge in [0.25, 0.3) is 0 Å². The first kappa shape index (κ1) is 17.4. The van der Waals surface area contributed by atoms with Gasteiger partial charge in [-0.05, 0) is 54.4 Å². The lowest BCUT2D eigenvalue weighted by atomic mass is 10.0. The van der Waals surface area contributed by atoms with Crippen molar-refractivity contribution in [1.29, 1.82) is 0 Å². The quantitative estimate of drug-likeness (QED) is 0.866. The number of amides is 1. The van der Waals surface area contributed by atoms with Crippen molar-refractivity contribution in [3.8, 4) is 5.69 Å². The second-order valence-electron chi connectivity index (χ2n) is 5.74. The van der Waals surface area contributed by atoms with Gasteiger partial charge in [-0.25, -0.2) is 4.68 Å². The van der Waals surface area contributed by atoms with Crippen molar-refractivity contribution in [3.05, 3.63) is 36.2 Å². The van der Waals surface area contributed by atoms with Crippen LogP contribution in [0.1, 0.15) is 25.3 Å². The first-order valence-corrected chi connectivity index (χ1v) is 7.56. The Morgan fingerprint density at radius 1 is 1.39 bits per heavy atom. The average molecular weight is 337 g/mol. The van der Waals surface area contributed by atoms with Gasteiger partial charge in [0.15, 0.2) is 0 Å². The number of tetrazole rings is 1. The highest BCUT2D eigenvalue weighted by atomic mass is 35.5. The highest BCUT2D eigenvalue weighted by molar-refractivity contribution is 5.85. The standard InChI is InChI=1S/C15H20N6O.ClH/c1-11-8-13(6-7-16-11)18-15(22)9-12-2-4-14(5-3-12)21-10-17-19-20-21;/h2-5,10-11,13,16H,6-9H2,1H3,(H,18,22);1H. The zero-order valence-electron chi connectivity index (χ0n) is 13.0. The van der Waals surface area contributed by atoms with Gasteiger partial charge in [-0.3, -0.25) is 4.79 Å². The summed E-state index contributed by atoms with van der Waals surface area (Å²) in [7, 11) is 0. The summed E-state index contributed by atoms with van der Waals surface area (Å²) in [6.07, 6.45) is 3.92. The number of nitrogens with one attached hydrogen (secondary N) is 2. The summed E-state index contributed by atoms with van der Waals surface area (Å²) in [5, 5.41) is 17.5. The van der Waals surface area contributed by atoms with Crippen molar-refractivity contribution < 1.29 is 4.79 Å². The van der Waals surface area contributed by atoms with Gasteiger partial charge in [-0.1, -0.05) is 12.1 Å². The van der Waals surface area contributed by atoms with Crippen molar-refractivity contribution >= 4 is 18.3 Å². The first-order chi connectivity index (χ1) is 10.7. The van der Waals surface area contributed by atoms with Crippen LogP contribution < -0.4 is 10.6 Å². The monoisotopic (exact) mass is 336 g/mol. The third-order valence-corrected chi connectivity index (χ3v) is 3.90. The molecule has 2 unspecified atom stereocenters. The van der Waals surface area contributed by atoms with Gasteiger partial charge in [0.1, 0.15) is 6.33 Å². The summed E-state index contributed by atoms with van der Waals surface area (Å²) in [6.45, 7) is 3.11. The Balaban J connectivity index is 0.00000192. The van der Waals surface area contributed by atoms with Crippen LogP contribution in [-0.2, 0) is 11.2 Å². The maximum absolute atomic E-state index is 12.1. The molecule has 3 rings (SSSR count). The predicted molar refractivity (Wildman–Crippen MR) is 88.7 cm³/mol. The molecule has 0 saturated carbocycles. The Hall–Kier alpha value is -1.99. The van der Waals surface area contributed by atoms with E-state index in [0.717, 1.165) is 30.6 Å². The third-order valence-electron chi connectivity index (χ3n) is 3.90. The van der Waals surface area contributed by atoms with Gasteiger partial charge in [0.2, 0.25) is 5.91 Å². The predicted octanol–water partition coefficient (Wildman–Crippen LogP) is 0.883. The van der Waals surface area contributed by atoms with E-state index in [-0.39, 0.29) is 24.4 Å². The normalized spacial score (nSPS) is 20.6. The summed E-state index contributed by atoms with van der Waals surface area (Å²) < 4.78 is 1.58. The molecule has 1 aliphatic heterocycles. The van der Waals surface area contributed by atoms with Crippen LogP contribution in [0.15, 0.2) is 30.6 Å². The number of carbonyl (C=O) groups excluding carboxylic acids is 1. The van der Waals surface area contributed by atoms with Crippen LogP contribution in [0.4, 0.5) is 0 Å². The highest BCUT2D eigenvalue weighted by Crippen LogP contribution is 2.10. The molecule has 2 heterocycles. The fourth-order valence-corrected chi connectivity index (χ4v) is 2.77. The summed E-state index contributed by atoms with van der Waals surface area (Å²) in [6, 6.07) is 8.43. The number of piperidine rings is 1. The molecule has 1 amide bonds. The number of rotatable bonds is 4. The van der Waals surface area contributed by atoms with E-state index in [1.807, 2.05) is 24.3 Å². The largest absolute Gasteiger partial charge is 0.353 e. The summed E-state index contributed by atoms with van der Waals surface area (Å²) in [5.41, 5.74) is 1.86. The van der Waals surface area contributed by atoms with Crippen molar-refractivity contribution in [1.82, 2.24) is 30.8 Å². The van der Waals surface area contributed by atoms with Crippen molar-refractivity contribution in [2.75, 3.05) is 6.54 Å². The Bertz CT molecular complexity index is 615. The van der Waals surface area contributed by atoms with Gasteiger partial charge < -0.3 is 10.6 Å². The summed E-state index contributed by atoms with van der Waals surface area (Å²) in [5.74, 6) is 0.0780. The second kappa shape index (κ2) is 8.03. The van der Waals surface area contributed by atoms with Crippen LogP contribution >= 0.6 is 12.4 Å². The Kier molecular flexibility index (Phi) is 6.06. The van der Waals surface area contributed by atoms with E-state index in [9.17, 15) is 4.79 Å². The molecule has 1 saturated heterocycles. The number of carbonyl (C=O) groups is 1. The number of aromatic nitrogens is 4. The SMILES string of the molecule is CC1CC(NC(=O)Cc2ccc(-n3cnnn3)cc2)CCN1.Cl. The molecular weight excluding hydrogens is 316 g/mol. The molecule has 23 heavy (non-hydrogen) atoms. The first-order valence-electron chi connectivity index (χ1n) is 7.56. The van der Waals surface area contributed by atoms with Gasteiger partial charge >= 0.3 is 0 Å². The van der Waals surface area contributed by atoms with Crippen LogP contribution in [-0.4, -0.2) is 44.7 Å². The minimum atomic E-state index is 0. The number of hydrogen-bond acceptors (Lipinski definition) is 5. The fraction of sp³-hybridized carbons (Fsp3) is 0.467. The van der Waals surface area contributed by atoms with Gasteiger partial charge in [0, 0.05) is 12.1 Å². The number of hydrogen-bond donors (Lipinski definition) is 2. The molecule has 1 aromatic heterocycles. The zero-order chi connectivity index (χ0) is 15.4. The van der Waals surface area contributed by atoms with Crippen LogP contribution in [0.25, 0.3) is 5.69 Å². The maximum Gasteiger partial charge on any atom is 0.224 e. The minimum absolute atomic E-state index is 0. The molecule has 0 aliphatic carbocycles. The lowest BCUT2D eigenvalue weighted by Crippen LogP contribution is -2.46. The summed E-state index contributed by atoms with van der Waals surface area (Å²) >= 11 is 0. The van der Waals surface area contributed by atoms with Crippen LogP contribution in [0.3, 0.4) is 0 Å². The second-order valence-corrected chi connectivity index (χ2v) is 5.74. The van der Waals surface area contributed by atoms with Crippen molar-refractivity contribution in [2.45, 2.75) is 38.3 Å². The lowest BCUT2D eigenvalue weighted by Gasteiger charge is -2.28. The third kappa shape index (κ3) is 4.74. The molecule has 8 heteroatoms. The fourth-order valence-electron chi connectivity index (χ4n) is 2.77. The lowest BCUT2D eigenvalue weighted by molar-refractivity contribution is -0.121. The van der Waals surface area contributed by atoms with E-state index < -0.39 is 0 Å². The summed E-state index contributed by atoms with van der Waals surface area (Å²) in [4.78, 5) is 12.1. The molecule has 124 valence electrons. The molecule has 0 radical (unpaired) electrons.